The molecule has 1 amide bonds. The fraction of sp³-hybridized carbons (Fsp3) is 0.462. The first-order valence-corrected chi connectivity index (χ1v) is 5.99. The molecule has 18 heavy (non-hydrogen) atoms. The average Bonchev–Trinajstić information content (AvgIpc) is 2.34. The van der Waals surface area contributed by atoms with Crippen molar-refractivity contribution >= 4 is 11.6 Å². The minimum absolute atomic E-state index is 0.0573. The molecule has 1 rings (SSSR count). The van der Waals surface area contributed by atoms with Crippen LogP contribution in [0.3, 0.4) is 0 Å². The summed E-state index contributed by atoms with van der Waals surface area (Å²) in [7, 11) is 4.00. The number of nitrogens with one attached hydrogen (secondary N) is 2. The molecule has 0 atom stereocenters. The maximum Gasteiger partial charge on any atom is 0.239 e. The zero-order valence-corrected chi connectivity index (χ0v) is 10.9. The average molecular weight is 253 g/mol. The van der Waals surface area contributed by atoms with Gasteiger partial charge in [0, 0.05) is 12.2 Å². The van der Waals surface area contributed by atoms with Crippen molar-refractivity contribution in [3.8, 4) is 0 Å². The SMILES string of the molecule is CN(C)CCCNC(=O)CNc1ccc(F)cc1. The van der Waals surface area contributed by atoms with Gasteiger partial charge in [-0.25, -0.2) is 4.39 Å². The van der Waals surface area contributed by atoms with E-state index in [1.165, 1.54) is 12.1 Å². The van der Waals surface area contributed by atoms with Crippen LogP contribution >= 0.6 is 0 Å². The fourth-order valence-corrected chi connectivity index (χ4v) is 1.44. The van der Waals surface area contributed by atoms with Crippen LogP contribution in [0.1, 0.15) is 6.42 Å². The Kier molecular flexibility index (Phi) is 6.14. The zero-order chi connectivity index (χ0) is 13.4. The molecular formula is C13H20FN3O. The van der Waals surface area contributed by atoms with Gasteiger partial charge in [0.25, 0.3) is 0 Å². The van der Waals surface area contributed by atoms with Crippen LogP contribution in [0.2, 0.25) is 0 Å². The van der Waals surface area contributed by atoms with Crippen LogP contribution in [0, 0.1) is 5.82 Å². The number of halogens is 1. The number of carbonyl (C=O) groups is 1. The van der Waals surface area contributed by atoms with Crippen LogP contribution in [0.25, 0.3) is 0 Å². The largest absolute Gasteiger partial charge is 0.376 e. The van der Waals surface area contributed by atoms with Gasteiger partial charge in [-0.2, -0.15) is 0 Å². The van der Waals surface area contributed by atoms with E-state index in [2.05, 4.69) is 15.5 Å². The van der Waals surface area contributed by atoms with E-state index in [0.29, 0.717) is 6.54 Å². The van der Waals surface area contributed by atoms with Gasteiger partial charge in [-0.3, -0.25) is 4.79 Å². The number of amides is 1. The van der Waals surface area contributed by atoms with Gasteiger partial charge in [0.15, 0.2) is 0 Å². The quantitative estimate of drug-likeness (QED) is 0.720. The summed E-state index contributed by atoms with van der Waals surface area (Å²) in [5.41, 5.74) is 0.736. The molecule has 2 N–H and O–H groups in total. The van der Waals surface area contributed by atoms with Gasteiger partial charge >= 0.3 is 0 Å². The van der Waals surface area contributed by atoms with Crippen LogP contribution in [0.4, 0.5) is 10.1 Å². The third-order valence-corrected chi connectivity index (χ3v) is 2.40. The van der Waals surface area contributed by atoms with Crippen LogP contribution in [-0.4, -0.2) is 44.5 Å². The van der Waals surface area contributed by atoms with Gasteiger partial charge in [0.2, 0.25) is 5.91 Å². The van der Waals surface area contributed by atoms with Crippen LogP contribution < -0.4 is 10.6 Å². The van der Waals surface area contributed by atoms with E-state index in [1.54, 1.807) is 12.1 Å². The van der Waals surface area contributed by atoms with Crippen molar-refractivity contribution in [2.45, 2.75) is 6.42 Å². The third kappa shape index (κ3) is 6.20. The van der Waals surface area contributed by atoms with Crippen molar-refractivity contribution in [1.82, 2.24) is 10.2 Å². The van der Waals surface area contributed by atoms with Crippen molar-refractivity contribution in [2.75, 3.05) is 39.0 Å². The third-order valence-electron chi connectivity index (χ3n) is 2.40. The monoisotopic (exact) mass is 253 g/mol. The van der Waals surface area contributed by atoms with Crippen molar-refractivity contribution in [3.63, 3.8) is 0 Å². The summed E-state index contributed by atoms with van der Waals surface area (Å²) in [6.45, 7) is 1.82. The summed E-state index contributed by atoms with van der Waals surface area (Å²) in [6, 6.07) is 5.93. The van der Waals surface area contributed by atoms with Gasteiger partial charge in [0.05, 0.1) is 6.54 Å². The Morgan fingerprint density at radius 2 is 1.94 bits per heavy atom. The standard InChI is InChI=1S/C13H20FN3O/c1-17(2)9-3-8-15-13(18)10-16-12-6-4-11(14)5-7-12/h4-7,16H,3,8-10H2,1-2H3,(H,15,18). The molecule has 4 nitrogen and oxygen atoms in total. The molecule has 0 radical (unpaired) electrons. The zero-order valence-electron chi connectivity index (χ0n) is 10.9. The molecule has 0 aliphatic heterocycles. The second-order valence-corrected chi connectivity index (χ2v) is 4.37. The first-order chi connectivity index (χ1) is 8.58. The molecule has 0 fully saturated rings. The van der Waals surface area contributed by atoms with Crippen molar-refractivity contribution in [3.05, 3.63) is 30.1 Å². The summed E-state index contributed by atoms with van der Waals surface area (Å²) < 4.78 is 12.6. The predicted octanol–water partition coefficient (Wildman–Crippen LogP) is 1.31. The molecule has 0 spiro atoms. The van der Waals surface area contributed by atoms with E-state index >= 15 is 0 Å². The Morgan fingerprint density at radius 1 is 1.28 bits per heavy atom. The van der Waals surface area contributed by atoms with Gasteiger partial charge in [-0.15, -0.1) is 0 Å². The van der Waals surface area contributed by atoms with E-state index in [4.69, 9.17) is 0 Å². The van der Waals surface area contributed by atoms with E-state index in [-0.39, 0.29) is 18.3 Å². The Labute approximate surface area is 107 Å². The molecule has 5 heteroatoms. The highest BCUT2D eigenvalue weighted by atomic mass is 19.1. The van der Waals surface area contributed by atoms with Crippen LogP contribution in [0.15, 0.2) is 24.3 Å². The molecule has 1 aromatic carbocycles. The fourth-order valence-electron chi connectivity index (χ4n) is 1.44. The molecule has 0 saturated heterocycles. The van der Waals surface area contributed by atoms with Gasteiger partial charge in [-0.05, 0) is 51.3 Å². The number of benzene rings is 1. The Bertz CT molecular complexity index is 365. The van der Waals surface area contributed by atoms with Crippen molar-refractivity contribution < 1.29 is 9.18 Å². The topological polar surface area (TPSA) is 44.4 Å². The minimum Gasteiger partial charge on any atom is -0.376 e. The lowest BCUT2D eigenvalue weighted by molar-refractivity contribution is -0.119. The normalized spacial score (nSPS) is 10.4. The maximum atomic E-state index is 12.6. The Hall–Kier alpha value is -1.62. The highest BCUT2D eigenvalue weighted by Gasteiger charge is 2.00. The lowest BCUT2D eigenvalue weighted by atomic mass is 10.3. The second kappa shape index (κ2) is 7.66. The van der Waals surface area contributed by atoms with Crippen LogP contribution in [-0.2, 0) is 4.79 Å². The Morgan fingerprint density at radius 3 is 2.56 bits per heavy atom. The Balaban J connectivity index is 2.15. The summed E-state index contributed by atoms with van der Waals surface area (Å²) in [6.07, 6.45) is 0.926. The molecule has 0 aromatic heterocycles. The smallest absolute Gasteiger partial charge is 0.239 e. The van der Waals surface area contributed by atoms with E-state index in [0.717, 1.165) is 18.7 Å². The molecule has 0 heterocycles. The summed E-state index contributed by atoms with van der Waals surface area (Å²) in [5, 5.41) is 5.75. The molecule has 0 bridgehead atoms. The van der Waals surface area contributed by atoms with E-state index in [1.807, 2.05) is 14.1 Å². The number of hydrogen-bond donors (Lipinski definition) is 2. The lowest BCUT2D eigenvalue weighted by Gasteiger charge is -2.10. The number of carbonyl (C=O) groups excluding carboxylic acids is 1. The first-order valence-electron chi connectivity index (χ1n) is 5.99. The lowest BCUT2D eigenvalue weighted by Crippen LogP contribution is -2.31. The number of rotatable bonds is 7. The minimum atomic E-state index is -0.284. The van der Waals surface area contributed by atoms with Crippen LogP contribution in [0.5, 0.6) is 0 Å². The highest BCUT2D eigenvalue weighted by molar-refractivity contribution is 5.80. The number of anilines is 1. The number of hydrogen-bond acceptors (Lipinski definition) is 3. The first kappa shape index (κ1) is 14.4. The van der Waals surface area contributed by atoms with Crippen molar-refractivity contribution in [1.29, 1.82) is 0 Å². The molecule has 0 saturated carbocycles. The van der Waals surface area contributed by atoms with E-state index in [9.17, 15) is 9.18 Å². The number of nitrogens with zero attached hydrogens (tertiary/aromatic N) is 1. The molecule has 0 unspecified atom stereocenters. The summed E-state index contributed by atoms with van der Waals surface area (Å²) in [5.74, 6) is -0.341. The van der Waals surface area contributed by atoms with Gasteiger partial charge in [0.1, 0.15) is 5.82 Å². The predicted molar refractivity (Wildman–Crippen MR) is 71.1 cm³/mol. The molecule has 1 aromatic rings. The van der Waals surface area contributed by atoms with Gasteiger partial charge < -0.3 is 15.5 Å². The van der Waals surface area contributed by atoms with Gasteiger partial charge in [-0.1, -0.05) is 0 Å². The molecular weight excluding hydrogens is 233 g/mol. The summed E-state index contributed by atoms with van der Waals surface area (Å²) in [4.78, 5) is 13.5. The molecule has 0 aliphatic rings. The molecule has 100 valence electrons. The second-order valence-electron chi connectivity index (χ2n) is 4.37. The summed E-state index contributed by atoms with van der Waals surface area (Å²) >= 11 is 0. The maximum absolute atomic E-state index is 12.6. The van der Waals surface area contributed by atoms with E-state index < -0.39 is 0 Å². The van der Waals surface area contributed by atoms with Crippen molar-refractivity contribution in [2.24, 2.45) is 0 Å². The highest BCUT2D eigenvalue weighted by Crippen LogP contribution is 2.07. The molecule has 0 aliphatic carbocycles.